The third kappa shape index (κ3) is 2.55. The molecule has 6 nitrogen and oxygen atoms in total. The minimum atomic E-state index is -3.62. The zero-order valence-corrected chi connectivity index (χ0v) is 11.7. The molecular formula is C10H14N4O2S2. The molecule has 2 aromatic heterocycles. The summed E-state index contributed by atoms with van der Waals surface area (Å²) in [5.74, 6) is 0.00652. The van der Waals surface area contributed by atoms with E-state index in [1.807, 2.05) is 17.7 Å². The van der Waals surface area contributed by atoms with E-state index >= 15 is 0 Å². The van der Waals surface area contributed by atoms with Crippen LogP contribution in [0.3, 0.4) is 0 Å². The van der Waals surface area contributed by atoms with Crippen molar-refractivity contribution in [2.45, 2.75) is 18.4 Å². The number of nitrogens with zero attached hydrogens (tertiary/aromatic N) is 2. The lowest BCUT2D eigenvalue weighted by molar-refractivity contribution is 0.581. The monoisotopic (exact) mass is 286 g/mol. The van der Waals surface area contributed by atoms with Crippen molar-refractivity contribution < 1.29 is 8.42 Å². The summed E-state index contributed by atoms with van der Waals surface area (Å²) in [6.07, 6.45) is 1.39. The molecule has 0 aromatic carbocycles. The van der Waals surface area contributed by atoms with Gasteiger partial charge >= 0.3 is 0 Å². The van der Waals surface area contributed by atoms with Gasteiger partial charge in [-0.3, -0.25) is 4.68 Å². The van der Waals surface area contributed by atoms with Crippen molar-refractivity contribution >= 4 is 27.2 Å². The smallest absolute Gasteiger partial charge is 0.246 e. The second-order valence-corrected chi connectivity index (χ2v) is 6.44. The predicted octanol–water partition coefficient (Wildman–Crippen LogP) is 0.851. The van der Waals surface area contributed by atoms with E-state index in [1.165, 1.54) is 10.9 Å². The number of hydrogen-bond donors (Lipinski definition) is 2. The van der Waals surface area contributed by atoms with E-state index in [4.69, 9.17) is 5.73 Å². The second-order valence-electron chi connectivity index (χ2n) is 3.96. The largest absolute Gasteiger partial charge is 0.381 e. The van der Waals surface area contributed by atoms with Gasteiger partial charge in [-0.2, -0.15) is 16.4 Å². The number of nitrogen functional groups attached to an aromatic ring is 1. The fourth-order valence-electron chi connectivity index (χ4n) is 1.51. The van der Waals surface area contributed by atoms with Crippen LogP contribution < -0.4 is 10.5 Å². The molecule has 0 unspecified atom stereocenters. The molecule has 2 heterocycles. The maximum absolute atomic E-state index is 12.0. The van der Waals surface area contributed by atoms with Gasteiger partial charge in [0.2, 0.25) is 10.0 Å². The molecule has 3 N–H and O–H groups in total. The number of aromatic nitrogens is 2. The van der Waals surface area contributed by atoms with Gasteiger partial charge in [0.1, 0.15) is 4.90 Å². The van der Waals surface area contributed by atoms with Crippen LogP contribution in [0.25, 0.3) is 0 Å². The van der Waals surface area contributed by atoms with E-state index in [9.17, 15) is 8.42 Å². The van der Waals surface area contributed by atoms with Crippen molar-refractivity contribution in [2.75, 3.05) is 5.73 Å². The lowest BCUT2D eigenvalue weighted by Crippen LogP contribution is -2.23. The van der Waals surface area contributed by atoms with Gasteiger partial charge in [-0.05, 0) is 28.8 Å². The molecule has 0 aliphatic heterocycles. The SMILES string of the molecule is Cc1cscc1CNS(=O)(=O)c1cn(C)nc1N. The standard InChI is InChI=1S/C10H14N4O2S2/c1-7-5-17-6-8(7)3-12-18(15,16)9-4-14(2)13-10(9)11/h4-6,12H,3H2,1-2H3,(H2,11,13). The highest BCUT2D eigenvalue weighted by Crippen LogP contribution is 2.17. The summed E-state index contributed by atoms with van der Waals surface area (Å²) in [5.41, 5.74) is 7.59. The molecule has 98 valence electrons. The van der Waals surface area contributed by atoms with Gasteiger partial charge in [0, 0.05) is 19.8 Å². The van der Waals surface area contributed by atoms with E-state index in [0.29, 0.717) is 0 Å². The van der Waals surface area contributed by atoms with Gasteiger partial charge in [-0.25, -0.2) is 13.1 Å². The fraction of sp³-hybridized carbons (Fsp3) is 0.300. The molecule has 0 aliphatic carbocycles. The molecule has 0 amide bonds. The van der Waals surface area contributed by atoms with Gasteiger partial charge < -0.3 is 5.73 Å². The van der Waals surface area contributed by atoms with Gasteiger partial charge in [-0.15, -0.1) is 0 Å². The minimum absolute atomic E-state index is 0.00652. The van der Waals surface area contributed by atoms with Crippen LogP contribution in [0.2, 0.25) is 0 Å². The Bertz CT molecular complexity index is 657. The first-order valence-electron chi connectivity index (χ1n) is 5.20. The topological polar surface area (TPSA) is 90.0 Å². The number of anilines is 1. The Kier molecular flexibility index (Phi) is 3.42. The van der Waals surface area contributed by atoms with Crippen molar-refractivity contribution in [1.29, 1.82) is 0 Å². The fourth-order valence-corrected chi connectivity index (χ4v) is 3.47. The van der Waals surface area contributed by atoms with E-state index in [0.717, 1.165) is 11.1 Å². The average molecular weight is 286 g/mol. The molecule has 0 saturated carbocycles. The molecule has 0 spiro atoms. The molecule has 0 aliphatic rings. The lowest BCUT2D eigenvalue weighted by atomic mass is 10.2. The van der Waals surface area contributed by atoms with Crippen LogP contribution in [0.15, 0.2) is 21.9 Å². The Morgan fingerprint density at radius 2 is 2.22 bits per heavy atom. The number of nitrogens with one attached hydrogen (secondary N) is 1. The third-order valence-corrected chi connectivity index (χ3v) is 4.85. The maximum Gasteiger partial charge on any atom is 0.246 e. The Morgan fingerprint density at radius 1 is 1.50 bits per heavy atom. The molecule has 8 heteroatoms. The van der Waals surface area contributed by atoms with Crippen LogP contribution in [0, 0.1) is 6.92 Å². The first kappa shape index (κ1) is 13.1. The summed E-state index contributed by atoms with van der Waals surface area (Å²) in [6.45, 7) is 2.20. The van der Waals surface area contributed by atoms with Crippen molar-refractivity contribution in [1.82, 2.24) is 14.5 Å². The zero-order valence-electron chi connectivity index (χ0n) is 10.0. The minimum Gasteiger partial charge on any atom is -0.381 e. The van der Waals surface area contributed by atoms with Crippen LogP contribution in [0.5, 0.6) is 0 Å². The average Bonchev–Trinajstić information content (AvgIpc) is 2.82. The van der Waals surface area contributed by atoms with Gasteiger partial charge in [0.05, 0.1) is 0 Å². The van der Waals surface area contributed by atoms with E-state index in [1.54, 1.807) is 18.4 Å². The first-order chi connectivity index (χ1) is 8.40. The maximum atomic E-state index is 12.0. The van der Waals surface area contributed by atoms with E-state index in [-0.39, 0.29) is 17.3 Å². The number of thiophene rings is 1. The summed E-state index contributed by atoms with van der Waals surface area (Å²) in [5, 5.41) is 7.71. The van der Waals surface area contributed by atoms with Crippen LogP contribution in [0.1, 0.15) is 11.1 Å². The summed E-state index contributed by atoms with van der Waals surface area (Å²) >= 11 is 1.54. The summed E-state index contributed by atoms with van der Waals surface area (Å²) in [6, 6.07) is 0. The molecule has 18 heavy (non-hydrogen) atoms. The molecule has 2 rings (SSSR count). The number of hydrogen-bond acceptors (Lipinski definition) is 5. The second kappa shape index (κ2) is 4.71. The lowest BCUT2D eigenvalue weighted by Gasteiger charge is -2.05. The Balaban J connectivity index is 2.18. The van der Waals surface area contributed by atoms with Crippen molar-refractivity contribution in [3.05, 3.63) is 28.1 Å². The molecular weight excluding hydrogens is 272 g/mol. The summed E-state index contributed by atoms with van der Waals surface area (Å²) in [7, 11) is -1.99. The molecule has 0 saturated heterocycles. The van der Waals surface area contributed by atoms with Crippen LogP contribution >= 0.6 is 11.3 Å². The highest BCUT2D eigenvalue weighted by molar-refractivity contribution is 7.89. The Morgan fingerprint density at radius 3 is 2.72 bits per heavy atom. The molecule has 0 bridgehead atoms. The molecule has 0 radical (unpaired) electrons. The quantitative estimate of drug-likeness (QED) is 0.872. The highest BCUT2D eigenvalue weighted by Gasteiger charge is 2.20. The Labute approximate surface area is 109 Å². The molecule has 0 fully saturated rings. The van der Waals surface area contributed by atoms with E-state index < -0.39 is 10.0 Å². The number of aryl methyl sites for hydroxylation is 2. The Hall–Kier alpha value is -1.38. The van der Waals surface area contributed by atoms with Crippen LogP contribution in [-0.2, 0) is 23.6 Å². The third-order valence-electron chi connectivity index (χ3n) is 2.53. The first-order valence-corrected chi connectivity index (χ1v) is 7.63. The van der Waals surface area contributed by atoms with Crippen molar-refractivity contribution in [3.8, 4) is 0 Å². The molecule has 0 atom stereocenters. The van der Waals surface area contributed by atoms with Gasteiger partial charge in [-0.1, -0.05) is 0 Å². The van der Waals surface area contributed by atoms with Crippen molar-refractivity contribution in [3.63, 3.8) is 0 Å². The van der Waals surface area contributed by atoms with Gasteiger partial charge in [0.15, 0.2) is 5.82 Å². The number of nitrogens with two attached hydrogens (primary N) is 1. The summed E-state index contributed by atoms with van der Waals surface area (Å²) < 4.78 is 28.0. The van der Waals surface area contributed by atoms with Crippen LogP contribution in [-0.4, -0.2) is 18.2 Å². The highest BCUT2D eigenvalue weighted by atomic mass is 32.2. The van der Waals surface area contributed by atoms with Gasteiger partial charge in [0.25, 0.3) is 0 Å². The number of sulfonamides is 1. The number of rotatable bonds is 4. The summed E-state index contributed by atoms with van der Waals surface area (Å²) in [4.78, 5) is 0.0119. The predicted molar refractivity (Wildman–Crippen MR) is 70.7 cm³/mol. The normalized spacial score (nSPS) is 11.9. The van der Waals surface area contributed by atoms with E-state index in [2.05, 4.69) is 9.82 Å². The zero-order chi connectivity index (χ0) is 13.3. The molecule has 2 aromatic rings. The van der Waals surface area contributed by atoms with Crippen LogP contribution in [0.4, 0.5) is 5.82 Å². The van der Waals surface area contributed by atoms with Crippen molar-refractivity contribution in [2.24, 2.45) is 7.05 Å².